The number of hydrogen-bond donors (Lipinski definition) is 1. The van der Waals surface area contributed by atoms with Crippen LogP contribution in [0.15, 0.2) is 22.7 Å². The van der Waals surface area contributed by atoms with Gasteiger partial charge in [-0.15, -0.1) is 0 Å². The van der Waals surface area contributed by atoms with Gasteiger partial charge in [0.2, 0.25) is 0 Å². The molecular weight excluding hydrogens is 305 g/mol. The van der Waals surface area contributed by atoms with Gasteiger partial charge in [-0.3, -0.25) is 0 Å². The lowest BCUT2D eigenvalue weighted by molar-refractivity contribution is 0.258. The van der Waals surface area contributed by atoms with Gasteiger partial charge in [0.1, 0.15) is 5.82 Å². The summed E-state index contributed by atoms with van der Waals surface area (Å²) in [6.07, 6.45) is 7.20. The molecule has 0 aromatic heterocycles. The van der Waals surface area contributed by atoms with Crippen molar-refractivity contribution >= 4 is 15.9 Å². The van der Waals surface area contributed by atoms with Crippen LogP contribution in [0.5, 0.6) is 0 Å². The molecule has 0 spiro atoms. The van der Waals surface area contributed by atoms with E-state index in [4.69, 9.17) is 0 Å². The smallest absolute Gasteiger partial charge is 0.127 e. The molecule has 1 fully saturated rings. The Morgan fingerprint density at radius 3 is 2.79 bits per heavy atom. The highest BCUT2D eigenvalue weighted by Gasteiger charge is 2.22. The number of rotatable bonds is 7. The van der Waals surface area contributed by atoms with Gasteiger partial charge in [0.25, 0.3) is 0 Å². The van der Waals surface area contributed by atoms with Gasteiger partial charge < -0.3 is 5.32 Å². The Hall–Kier alpha value is -0.410. The first-order chi connectivity index (χ1) is 9.19. The quantitative estimate of drug-likeness (QED) is 0.766. The van der Waals surface area contributed by atoms with Crippen LogP contribution >= 0.6 is 15.9 Å². The third kappa shape index (κ3) is 4.57. The summed E-state index contributed by atoms with van der Waals surface area (Å²) in [6, 6.07) is 5.82. The summed E-state index contributed by atoms with van der Waals surface area (Å²) in [7, 11) is 0. The standard InChI is InChI=1S/C16H23BrFN/c1-2-8-19-15(9-12-4-3-5-12)10-13-6-7-14(17)11-16(13)18/h6-7,11-12,15,19H,2-5,8-10H2,1H3. The van der Waals surface area contributed by atoms with Crippen LogP contribution in [0.1, 0.15) is 44.6 Å². The molecule has 1 aliphatic rings. The predicted molar refractivity (Wildman–Crippen MR) is 81.8 cm³/mol. The molecule has 2 rings (SSSR count). The van der Waals surface area contributed by atoms with Gasteiger partial charge in [0.15, 0.2) is 0 Å². The highest BCUT2D eigenvalue weighted by Crippen LogP contribution is 2.31. The van der Waals surface area contributed by atoms with Crippen LogP contribution in [0, 0.1) is 11.7 Å². The summed E-state index contributed by atoms with van der Waals surface area (Å²) in [5, 5.41) is 3.58. The van der Waals surface area contributed by atoms with Gasteiger partial charge in [-0.1, -0.05) is 48.2 Å². The van der Waals surface area contributed by atoms with E-state index in [9.17, 15) is 4.39 Å². The third-order valence-corrected chi connectivity index (χ3v) is 4.50. The van der Waals surface area contributed by atoms with Crippen LogP contribution < -0.4 is 5.32 Å². The number of nitrogens with one attached hydrogen (secondary N) is 1. The molecule has 1 aliphatic carbocycles. The van der Waals surface area contributed by atoms with Gasteiger partial charge in [-0.05, 0) is 49.4 Å². The van der Waals surface area contributed by atoms with E-state index in [1.54, 1.807) is 6.07 Å². The molecule has 19 heavy (non-hydrogen) atoms. The Kier molecular flexibility index (Phi) is 5.83. The maximum absolute atomic E-state index is 13.9. The molecule has 1 nitrogen and oxygen atoms in total. The second-order valence-electron chi connectivity index (χ2n) is 5.62. The van der Waals surface area contributed by atoms with E-state index in [1.165, 1.54) is 25.7 Å². The SMILES string of the molecule is CCCNC(Cc1ccc(Br)cc1F)CC1CCC1. The fourth-order valence-electron chi connectivity index (χ4n) is 2.67. The normalized spacial score (nSPS) is 17.2. The Morgan fingerprint density at radius 2 is 2.21 bits per heavy atom. The van der Waals surface area contributed by atoms with Crippen molar-refractivity contribution in [2.75, 3.05) is 6.54 Å². The van der Waals surface area contributed by atoms with E-state index < -0.39 is 0 Å². The molecule has 1 N–H and O–H groups in total. The van der Waals surface area contributed by atoms with Gasteiger partial charge in [0, 0.05) is 10.5 Å². The summed E-state index contributed by atoms with van der Waals surface area (Å²) in [5.74, 6) is 0.763. The molecular formula is C16H23BrFN. The maximum Gasteiger partial charge on any atom is 0.127 e. The molecule has 0 bridgehead atoms. The van der Waals surface area contributed by atoms with Crippen LogP contribution in [-0.2, 0) is 6.42 Å². The zero-order valence-electron chi connectivity index (χ0n) is 11.6. The molecule has 3 heteroatoms. The van der Waals surface area contributed by atoms with Gasteiger partial charge in [0.05, 0.1) is 0 Å². The topological polar surface area (TPSA) is 12.0 Å². The van der Waals surface area contributed by atoms with E-state index in [-0.39, 0.29) is 5.82 Å². The lowest BCUT2D eigenvalue weighted by atomic mass is 9.80. The second-order valence-corrected chi connectivity index (χ2v) is 6.54. The molecule has 0 aliphatic heterocycles. The Morgan fingerprint density at radius 1 is 1.42 bits per heavy atom. The molecule has 0 saturated heterocycles. The Labute approximate surface area is 124 Å². The largest absolute Gasteiger partial charge is 0.314 e. The Balaban J connectivity index is 1.96. The average molecular weight is 328 g/mol. The molecule has 1 aromatic rings. The molecule has 1 atom stereocenters. The molecule has 106 valence electrons. The Bertz CT molecular complexity index is 404. The number of halogens is 2. The highest BCUT2D eigenvalue weighted by molar-refractivity contribution is 9.10. The molecule has 0 heterocycles. The van der Waals surface area contributed by atoms with Crippen molar-refractivity contribution < 1.29 is 4.39 Å². The minimum atomic E-state index is -0.0914. The van der Waals surface area contributed by atoms with Crippen molar-refractivity contribution in [2.45, 2.75) is 51.5 Å². The second kappa shape index (κ2) is 7.39. The minimum Gasteiger partial charge on any atom is -0.314 e. The van der Waals surface area contributed by atoms with Crippen molar-refractivity contribution in [3.63, 3.8) is 0 Å². The zero-order chi connectivity index (χ0) is 13.7. The lowest BCUT2D eigenvalue weighted by Gasteiger charge is -2.30. The summed E-state index contributed by atoms with van der Waals surface area (Å²) in [5.41, 5.74) is 0.830. The summed E-state index contributed by atoms with van der Waals surface area (Å²) in [4.78, 5) is 0. The molecule has 0 radical (unpaired) electrons. The first-order valence-corrected chi connectivity index (χ1v) is 8.15. The van der Waals surface area contributed by atoms with Gasteiger partial charge in [-0.2, -0.15) is 0 Å². The van der Waals surface area contributed by atoms with E-state index in [0.717, 1.165) is 35.3 Å². The van der Waals surface area contributed by atoms with Crippen molar-refractivity contribution in [1.82, 2.24) is 5.32 Å². The van der Waals surface area contributed by atoms with Crippen LogP contribution in [0.4, 0.5) is 4.39 Å². The number of benzene rings is 1. The van der Waals surface area contributed by atoms with Gasteiger partial charge in [-0.25, -0.2) is 4.39 Å². The first kappa shape index (κ1) is 15.0. The summed E-state index contributed by atoms with van der Waals surface area (Å²) >= 11 is 3.31. The van der Waals surface area contributed by atoms with E-state index in [2.05, 4.69) is 28.2 Å². The van der Waals surface area contributed by atoms with Crippen molar-refractivity contribution in [2.24, 2.45) is 5.92 Å². The van der Waals surface area contributed by atoms with Crippen molar-refractivity contribution in [3.05, 3.63) is 34.1 Å². The highest BCUT2D eigenvalue weighted by atomic mass is 79.9. The lowest BCUT2D eigenvalue weighted by Crippen LogP contribution is -2.35. The van der Waals surface area contributed by atoms with E-state index in [0.29, 0.717) is 6.04 Å². The minimum absolute atomic E-state index is 0.0914. The molecule has 1 aromatic carbocycles. The third-order valence-electron chi connectivity index (χ3n) is 4.01. The van der Waals surface area contributed by atoms with Crippen LogP contribution in [-0.4, -0.2) is 12.6 Å². The summed E-state index contributed by atoms with van der Waals surface area (Å²) < 4.78 is 14.7. The van der Waals surface area contributed by atoms with Crippen molar-refractivity contribution in [3.8, 4) is 0 Å². The fourth-order valence-corrected chi connectivity index (χ4v) is 3.00. The van der Waals surface area contributed by atoms with Crippen LogP contribution in [0.25, 0.3) is 0 Å². The van der Waals surface area contributed by atoms with Crippen molar-refractivity contribution in [1.29, 1.82) is 0 Å². The maximum atomic E-state index is 13.9. The molecule has 1 saturated carbocycles. The average Bonchev–Trinajstić information content (AvgIpc) is 2.33. The van der Waals surface area contributed by atoms with Gasteiger partial charge >= 0.3 is 0 Å². The number of hydrogen-bond acceptors (Lipinski definition) is 1. The summed E-state index contributed by atoms with van der Waals surface area (Å²) in [6.45, 7) is 3.20. The van der Waals surface area contributed by atoms with E-state index >= 15 is 0 Å². The van der Waals surface area contributed by atoms with Crippen LogP contribution in [0.2, 0.25) is 0 Å². The monoisotopic (exact) mass is 327 g/mol. The van der Waals surface area contributed by atoms with Crippen LogP contribution in [0.3, 0.4) is 0 Å². The zero-order valence-corrected chi connectivity index (χ0v) is 13.2. The fraction of sp³-hybridized carbons (Fsp3) is 0.625. The molecule has 1 unspecified atom stereocenters. The molecule has 0 amide bonds. The van der Waals surface area contributed by atoms with E-state index in [1.807, 2.05) is 12.1 Å². The first-order valence-electron chi connectivity index (χ1n) is 7.36. The predicted octanol–water partition coefficient (Wildman–Crippen LogP) is 4.69.